The zero-order valence-corrected chi connectivity index (χ0v) is 13.3. The van der Waals surface area contributed by atoms with Crippen LogP contribution in [-0.2, 0) is 6.54 Å². The van der Waals surface area contributed by atoms with Crippen LogP contribution in [-0.4, -0.2) is 31.6 Å². The van der Waals surface area contributed by atoms with Crippen LogP contribution >= 0.6 is 23.2 Å². The van der Waals surface area contributed by atoms with Gasteiger partial charge < -0.3 is 0 Å². The molecule has 0 aliphatic carbocycles. The highest BCUT2D eigenvalue weighted by Crippen LogP contribution is 2.31. The molecule has 0 radical (unpaired) electrons. The minimum Gasteiger partial charge on any atom is -0.287 e. The molecule has 3 heterocycles. The maximum Gasteiger partial charge on any atom is 0.167 e. The molecular formula is C14H17Cl2N5. The summed E-state index contributed by atoms with van der Waals surface area (Å²) in [6.45, 7) is 3.61. The van der Waals surface area contributed by atoms with Crippen LogP contribution in [0.15, 0.2) is 12.3 Å². The highest BCUT2D eigenvalue weighted by Gasteiger charge is 2.27. The normalized spacial score (nSPS) is 19.9. The summed E-state index contributed by atoms with van der Waals surface area (Å²) < 4.78 is 0. The van der Waals surface area contributed by atoms with Crippen LogP contribution in [0.2, 0.25) is 10.0 Å². The molecule has 1 aliphatic heterocycles. The number of aromatic nitrogens is 4. The van der Waals surface area contributed by atoms with Crippen molar-refractivity contribution in [2.24, 2.45) is 0 Å². The van der Waals surface area contributed by atoms with Crippen LogP contribution in [0.1, 0.15) is 42.6 Å². The van der Waals surface area contributed by atoms with Gasteiger partial charge in [-0.05, 0) is 32.4 Å². The summed E-state index contributed by atoms with van der Waals surface area (Å²) in [5.41, 5.74) is 0.847. The van der Waals surface area contributed by atoms with Crippen molar-refractivity contribution in [1.82, 2.24) is 25.1 Å². The largest absolute Gasteiger partial charge is 0.287 e. The third-order valence-electron chi connectivity index (χ3n) is 3.76. The predicted molar refractivity (Wildman–Crippen MR) is 82.4 cm³/mol. The summed E-state index contributed by atoms with van der Waals surface area (Å²) in [7, 11) is 0. The van der Waals surface area contributed by atoms with Crippen LogP contribution in [0, 0.1) is 6.92 Å². The quantitative estimate of drug-likeness (QED) is 0.937. The Hall–Kier alpha value is -1.17. The first kappa shape index (κ1) is 14.8. The number of piperidine rings is 1. The van der Waals surface area contributed by atoms with Gasteiger partial charge in [-0.2, -0.15) is 5.10 Å². The van der Waals surface area contributed by atoms with Gasteiger partial charge in [0.1, 0.15) is 5.82 Å². The zero-order chi connectivity index (χ0) is 14.8. The van der Waals surface area contributed by atoms with E-state index in [-0.39, 0.29) is 6.04 Å². The minimum atomic E-state index is 0.220. The molecule has 1 atom stereocenters. The highest BCUT2D eigenvalue weighted by molar-refractivity contribution is 6.34. The summed E-state index contributed by atoms with van der Waals surface area (Å²) >= 11 is 12.1. The van der Waals surface area contributed by atoms with Gasteiger partial charge in [0.05, 0.1) is 21.8 Å². The molecule has 0 bridgehead atoms. The monoisotopic (exact) mass is 325 g/mol. The maximum atomic E-state index is 6.24. The van der Waals surface area contributed by atoms with Gasteiger partial charge >= 0.3 is 0 Å². The number of halogens is 2. The second-order valence-corrected chi connectivity index (χ2v) is 6.19. The van der Waals surface area contributed by atoms with Gasteiger partial charge in [-0.3, -0.25) is 15.0 Å². The smallest absolute Gasteiger partial charge is 0.167 e. The SMILES string of the molecule is Cc1nc([C@@H]2CCCCN2Cc2ncc(Cl)cc2Cl)n[nH]1. The molecule has 0 amide bonds. The molecule has 1 fully saturated rings. The Balaban J connectivity index is 1.81. The Morgan fingerprint density at radius 1 is 1.38 bits per heavy atom. The van der Waals surface area contributed by atoms with Gasteiger partial charge in [-0.1, -0.05) is 29.6 Å². The van der Waals surface area contributed by atoms with Crippen molar-refractivity contribution in [2.75, 3.05) is 6.54 Å². The number of hydrogen-bond acceptors (Lipinski definition) is 4. The Morgan fingerprint density at radius 3 is 2.95 bits per heavy atom. The van der Waals surface area contributed by atoms with E-state index in [9.17, 15) is 0 Å². The second-order valence-electron chi connectivity index (χ2n) is 5.34. The number of pyridine rings is 1. The van der Waals surface area contributed by atoms with Crippen LogP contribution in [0.3, 0.4) is 0 Å². The van der Waals surface area contributed by atoms with Crippen molar-refractivity contribution >= 4 is 23.2 Å². The van der Waals surface area contributed by atoms with Crippen molar-refractivity contribution in [2.45, 2.75) is 38.8 Å². The number of rotatable bonds is 3. The summed E-state index contributed by atoms with van der Waals surface area (Å²) in [6.07, 6.45) is 5.06. The van der Waals surface area contributed by atoms with E-state index in [1.54, 1.807) is 12.3 Å². The van der Waals surface area contributed by atoms with E-state index < -0.39 is 0 Å². The first-order chi connectivity index (χ1) is 10.1. The average molecular weight is 326 g/mol. The average Bonchev–Trinajstić information content (AvgIpc) is 2.89. The molecule has 0 unspecified atom stereocenters. The highest BCUT2D eigenvalue weighted by atomic mass is 35.5. The molecule has 0 saturated carbocycles. The molecule has 5 nitrogen and oxygen atoms in total. The molecule has 112 valence electrons. The molecule has 1 saturated heterocycles. The van der Waals surface area contributed by atoms with E-state index in [4.69, 9.17) is 23.2 Å². The number of hydrogen-bond donors (Lipinski definition) is 1. The molecule has 0 aromatic carbocycles. The minimum absolute atomic E-state index is 0.220. The van der Waals surface area contributed by atoms with Crippen LogP contribution in [0.5, 0.6) is 0 Å². The van der Waals surface area contributed by atoms with Gasteiger partial charge in [0.15, 0.2) is 5.82 Å². The fourth-order valence-corrected chi connectivity index (χ4v) is 3.17. The number of likely N-dealkylation sites (tertiary alicyclic amines) is 1. The fraction of sp³-hybridized carbons (Fsp3) is 0.500. The molecule has 2 aromatic heterocycles. The molecule has 1 N–H and O–H groups in total. The van der Waals surface area contributed by atoms with Crippen molar-refractivity contribution in [3.05, 3.63) is 39.7 Å². The van der Waals surface area contributed by atoms with Crippen LogP contribution < -0.4 is 0 Å². The van der Waals surface area contributed by atoms with Gasteiger partial charge in [0, 0.05) is 12.7 Å². The first-order valence-electron chi connectivity index (χ1n) is 7.06. The van der Waals surface area contributed by atoms with Gasteiger partial charge in [0.2, 0.25) is 0 Å². The number of H-pyrrole nitrogens is 1. The third-order valence-corrected chi connectivity index (χ3v) is 4.30. The lowest BCUT2D eigenvalue weighted by atomic mass is 10.0. The van der Waals surface area contributed by atoms with E-state index in [1.807, 2.05) is 6.92 Å². The summed E-state index contributed by atoms with van der Waals surface area (Å²) in [5, 5.41) is 8.41. The molecule has 0 spiro atoms. The number of nitrogens with one attached hydrogen (secondary N) is 1. The molecule has 21 heavy (non-hydrogen) atoms. The van der Waals surface area contributed by atoms with Crippen molar-refractivity contribution < 1.29 is 0 Å². The van der Waals surface area contributed by atoms with E-state index in [0.29, 0.717) is 16.6 Å². The standard InChI is InChI=1S/C14H17Cl2N5/c1-9-18-14(20-19-9)13-4-2-3-5-21(13)8-12-11(16)6-10(15)7-17-12/h6-7,13H,2-5,8H2,1H3,(H,18,19,20)/t13-/m0/s1. The first-order valence-corrected chi connectivity index (χ1v) is 7.82. The fourth-order valence-electron chi connectivity index (χ4n) is 2.73. The van der Waals surface area contributed by atoms with Crippen molar-refractivity contribution in [1.29, 1.82) is 0 Å². The Kier molecular flexibility index (Phi) is 4.42. The predicted octanol–water partition coefficient (Wildman–Crippen LogP) is 3.54. The lowest BCUT2D eigenvalue weighted by molar-refractivity contribution is 0.132. The van der Waals surface area contributed by atoms with E-state index in [2.05, 4.69) is 25.1 Å². The van der Waals surface area contributed by atoms with Gasteiger partial charge in [0.25, 0.3) is 0 Å². The third kappa shape index (κ3) is 3.36. The molecular weight excluding hydrogens is 309 g/mol. The lowest BCUT2D eigenvalue weighted by Crippen LogP contribution is -2.34. The van der Waals surface area contributed by atoms with Gasteiger partial charge in [-0.15, -0.1) is 0 Å². The van der Waals surface area contributed by atoms with E-state index in [0.717, 1.165) is 30.3 Å². The second kappa shape index (κ2) is 6.30. The summed E-state index contributed by atoms with van der Waals surface area (Å²) in [5.74, 6) is 1.70. The Bertz CT molecular complexity index is 628. The summed E-state index contributed by atoms with van der Waals surface area (Å²) in [4.78, 5) is 11.2. The maximum absolute atomic E-state index is 6.24. The molecule has 1 aliphatic rings. The van der Waals surface area contributed by atoms with E-state index >= 15 is 0 Å². The number of nitrogens with zero attached hydrogens (tertiary/aromatic N) is 4. The van der Waals surface area contributed by atoms with Crippen LogP contribution in [0.25, 0.3) is 0 Å². The van der Waals surface area contributed by atoms with Crippen molar-refractivity contribution in [3.63, 3.8) is 0 Å². The topological polar surface area (TPSA) is 57.7 Å². The number of aryl methyl sites for hydroxylation is 1. The summed E-state index contributed by atoms with van der Waals surface area (Å²) in [6, 6.07) is 1.96. The Morgan fingerprint density at radius 2 is 2.24 bits per heavy atom. The molecule has 7 heteroatoms. The van der Waals surface area contributed by atoms with E-state index in [1.165, 1.54) is 12.8 Å². The molecule has 2 aromatic rings. The van der Waals surface area contributed by atoms with Crippen molar-refractivity contribution in [3.8, 4) is 0 Å². The zero-order valence-electron chi connectivity index (χ0n) is 11.8. The lowest BCUT2D eigenvalue weighted by Gasteiger charge is -2.33. The Labute approximate surface area is 133 Å². The van der Waals surface area contributed by atoms with Gasteiger partial charge in [-0.25, -0.2) is 4.98 Å². The molecule has 3 rings (SSSR count). The number of aromatic amines is 1. The van der Waals surface area contributed by atoms with Crippen LogP contribution in [0.4, 0.5) is 0 Å².